The van der Waals surface area contributed by atoms with Gasteiger partial charge < -0.3 is 29.7 Å². The smallest absolute Gasteiger partial charge is 0.408 e. The molecule has 15 heteroatoms. The van der Waals surface area contributed by atoms with Gasteiger partial charge in [-0.25, -0.2) is 14.6 Å². The van der Waals surface area contributed by atoms with Gasteiger partial charge in [-0.15, -0.1) is 11.3 Å². The van der Waals surface area contributed by atoms with Crippen LogP contribution in [-0.2, 0) is 30.9 Å². The van der Waals surface area contributed by atoms with E-state index in [0.29, 0.717) is 42.2 Å². The first-order chi connectivity index (χ1) is 23.8. The number of alkyl carbamates (subject to hydrolysis) is 1. The summed E-state index contributed by atoms with van der Waals surface area (Å²) in [6, 6.07) is 1.84. The molecule has 2 fully saturated rings. The van der Waals surface area contributed by atoms with Crippen LogP contribution >= 0.6 is 11.3 Å². The van der Waals surface area contributed by atoms with Gasteiger partial charge in [-0.3, -0.25) is 14.3 Å². The zero-order valence-corrected chi connectivity index (χ0v) is 30.2. The van der Waals surface area contributed by atoms with Gasteiger partial charge in [-0.2, -0.15) is 10.1 Å². The minimum absolute atomic E-state index is 0.0506. The number of carbonyl (C=O) groups is 4. The second kappa shape index (κ2) is 14.0. The van der Waals surface area contributed by atoms with Crippen molar-refractivity contribution in [2.45, 2.75) is 102 Å². The Balaban J connectivity index is 1.33. The number of thiophene rings is 1. The van der Waals surface area contributed by atoms with Crippen molar-refractivity contribution in [1.29, 1.82) is 0 Å². The van der Waals surface area contributed by atoms with Crippen molar-refractivity contribution in [2.75, 3.05) is 13.7 Å². The number of aromatic nitrogens is 4. The number of carbonyl (C=O) groups excluding carboxylic acids is 4. The molecular weight excluding hydrogens is 662 g/mol. The quantitative estimate of drug-likeness (QED) is 0.290. The number of hydrogen-bond donors (Lipinski definition) is 2. The highest BCUT2D eigenvalue weighted by atomic mass is 32.1. The van der Waals surface area contributed by atoms with Gasteiger partial charge in [0, 0.05) is 19.4 Å². The van der Waals surface area contributed by atoms with Gasteiger partial charge in [-0.1, -0.05) is 25.0 Å². The molecule has 14 nitrogen and oxygen atoms in total. The topological polar surface area (TPSA) is 167 Å². The first-order valence-corrected chi connectivity index (χ1v) is 18.0. The second-order valence-corrected chi connectivity index (χ2v) is 15.2. The average molecular weight is 708 g/mol. The van der Waals surface area contributed by atoms with E-state index in [9.17, 15) is 19.2 Å². The van der Waals surface area contributed by atoms with Gasteiger partial charge >= 0.3 is 12.1 Å². The van der Waals surface area contributed by atoms with E-state index in [1.54, 1.807) is 25.5 Å². The highest BCUT2D eigenvalue weighted by Crippen LogP contribution is 2.46. The molecule has 3 aromatic heterocycles. The molecule has 1 saturated carbocycles. The zero-order valence-electron chi connectivity index (χ0n) is 29.4. The molecule has 5 heterocycles. The van der Waals surface area contributed by atoms with Gasteiger partial charge in [0.15, 0.2) is 5.82 Å². The lowest BCUT2D eigenvalue weighted by Gasteiger charge is -2.30. The lowest BCUT2D eigenvalue weighted by molar-refractivity contribution is -0.148. The fourth-order valence-corrected chi connectivity index (χ4v) is 7.54. The first-order valence-electron chi connectivity index (χ1n) is 17.1. The van der Waals surface area contributed by atoms with Crippen LogP contribution in [0.25, 0.3) is 21.7 Å². The van der Waals surface area contributed by atoms with Crippen LogP contribution in [0.4, 0.5) is 4.79 Å². The van der Waals surface area contributed by atoms with E-state index in [1.807, 2.05) is 43.6 Å². The maximum absolute atomic E-state index is 14.4. The summed E-state index contributed by atoms with van der Waals surface area (Å²) in [5.74, 6) is -0.898. The molecule has 0 aromatic carbocycles. The third-order valence-corrected chi connectivity index (χ3v) is 10.2. The Morgan fingerprint density at radius 3 is 2.68 bits per heavy atom. The monoisotopic (exact) mass is 707 g/mol. The number of methoxy groups -OCH3 is 1. The molecule has 3 amide bonds. The number of ether oxygens (including phenoxy) is 3. The summed E-state index contributed by atoms with van der Waals surface area (Å²) >= 11 is 1.43. The van der Waals surface area contributed by atoms with Crippen molar-refractivity contribution in [3.63, 3.8) is 0 Å². The predicted octanol–water partition coefficient (Wildman–Crippen LogP) is 4.21. The molecule has 3 aliphatic rings. The van der Waals surface area contributed by atoms with Crippen LogP contribution in [-0.4, -0.2) is 91.5 Å². The summed E-state index contributed by atoms with van der Waals surface area (Å²) in [4.78, 5) is 65.5. The van der Waals surface area contributed by atoms with E-state index in [4.69, 9.17) is 24.2 Å². The van der Waals surface area contributed by atoms with Gasteiger partial charge in [0.05, 0.1) is 24.9 Å². The fraction of sp³-hybridized carbons (Fsp3) is 0.571. The van der Waals surface area contributed by atoms with Crippen LogP contribution in [0.15, 0.2) is 29.7 Å². The van der Waals surface area contributed by atoms with Crippen LogP contribution < -0.4 is 15.4 Å². The first kappa shape index (κ1) is 35.3. The minimum atomic E-state index is -1.21. The molecule has 1 aliphatic carbocycles. The molecule has 50 heavy (non-hydrogen) atoms. The molecule has 0 radical (unpaired) electrons. The Kier molecular flexibility index (Phi) is 9.89. The van der Waals surface area contributed by atoms with Crippen molar-refractivity contribution in [3.8, 4) is 17.4 Å². The number of esters is 1. The minimum Gasteiger partial charge on any atom is -0.471 e. The molecule has 268 valence electrons. The Morgan fingerprint density at radius 2 is 1.96 bits per heavy atom. The Hall–Kier alpha value is -4.53. The lowest BCUT2D eigenvalue weighted by atomic mass is 10.0. The van der Waals surface area contributed by atoms with Crippen molar-refractivity contribution in [1.82, 2.24) is 35.3 Å². The van der Waals surface area contributed by atoms with Crippen molar-refractivity contribution >= 4 is 45.4 Å². The number of aryl methyl sites for hydroxylation is 2. The Labute approximate surface area is 294 Å². The van der Waals surface area contributed by atoms with E-state index >= 15 is 0 Å². The normalized spacial score (nSPS) is 26.6. The standard InChI is InChI=1S/C35H45N7O7S/c1-20-16-25(41(5)40-20)28-36-23-14-15-50-27(23)30(38-28)48-22-17-26-29(43)39-35(32(45)47-6)18-21(35)12-10-8-7-9-11-13-24(31(44)42(26)19-22)37-33(46)49-34(2,3)4/h10,12,14-16,21-22,24,26H,7-9,11,13,17-19H2,1-6H3,(H,37,46)(H,39,43)/b12-10-/t21-,22-,24+,26+,35-/m1/s1. The molecule has 0 unspecified atom stereocenters. The van der Waals surface area contributed by atoms with Crippen LogP contribution in [0.3, 0.4) is 0 Å². The van der Waals surface area contributed by atoms with Crippen molar-refractivity contribution in [3.05, 3.63) is 35.4 Å². The van der Waals surface area contributed by atoms with E-state index in [-0.39, 0.29) is 18.9 Å². The Bertz CT molecular complexity index is 1810. The van der Waals surface area contributed by atoms with E-state index in [1.165, 1.54) is 23.3 Å². The second-order valence-electron chi connectivity index (χ2n) is 14.3. The number of allylic oxidation sites excluding steroid dienone is 1. The third kappa shape index (κ3) is 7.47. The molecule has 0 spiro atoms. The SMILES string of the molecule is COC(=O)[C@@]12C[C@H]1/C=C\CCCCC[C@H](NC(=O)OC(C)(C)C)C(=O)N1C[C@H](Oc3nc(-c4cc(C)nn4C)nc4ccsc34)C[C@H]1C(=O)N2. The average Bonchev–Trinajstić information content (AvgIpc) is 3.38. The summed E-state index contributed by atoms with van der Waals surface area (Å²) in [7, 11) is 3.12. The number of fused-ring (bicyclic) bond motifs is 3. The largest absolute Gasteiger partial charge is 0.471 e. The molecule has 6 rings (SSSR count). The number of hydrogen-bond acceptors (Lipinski definition) is 11. The molecule has 2 N–H and O–H groups in total. The summed E-state index contributed by atoms with van der Waals surface area (Å²) < 4.78 is 19.6. The summed E-state index contributed by atoms with van der Waals surface area (Å²) in [5.41, 5.74) is 0.248. The van der Waals surface area contributed by atoms with E-state index in [0.717, 1.165) is 29.7 Å². The Morgan fingerprint density at radius 1 is 1.16 bits per heavy atom. The molecule has 2 aliphatic heterocycles. The maximum atomic E-state index is 14.4. The third-order valence-electron chi connectivity index (χ3n) is 9.26. The molecule has 0 bridgehead atoms. The summed E-state index contributed by atoms with van der Waals surface area (Å²) in [6.07, 6.45) is 6.70. The summed E-state index contributed by atoms with van der Waals surface area (Å²) in [6.45, 7) is 7.20. The number of nitrogens with zero attached hydrogens (tertiary/aromatic N) is 5. The molecule has 5 atom stereocenters. The summed E-state index contributed by atoms with van der Waals surface area (Å²) in [5, 5.41) is 12.1. The van der Waals surface area contributed by atoms with Crippen LogP contribution in [0.5, 0.6) is 5.88 Å². The lowest BCUT2D eigenvalue weighted by Crippen LogP contribution is -2.56. The van der Waals surface area contributed by atoms with E-state index < -0.39 is 53.2 Å². The fourth-order valence-electron chi connectivity index (χ4n) is 6.77. The highest BCUT2D eigenvalue weighted by molar-refractivity contribution is 7.17. The van der Waals surface area contributed by atoms with Gasteiger partial charge in [-0.05, 0) is 70.9 Å². The maximum Gasteiger partial charge on any atom is 0.408 e. The number of nitrogens with one attached hydrogen (secondary N) is 2. The van der Waals surface area contributed by atoms with Crippen molar-refractivity contribution in [2.24, 2.45) is 13.0 Å². The predicted molar refractivity (Wildman–Crippen MR) is 185 cm³/mol. The van der Waals surface area contributed by atoms with Crippen LogP contribution in [0.1, 0.15) is 71.4 Å². The van der Waals surface area contributed by atoms with Crippen LogP contribution in [0.2, 0.25) is 0 Å². The highest BCUT2D eigenvalue weighted by Gasteiger charge is 2.62. The molecule has 3 aromatic rings. The number of rotatable bonds is 5. The van der Waals surface area contributed by atoms with Gasteiger partial charge in [0.25, 0.3) is 0 Å². The van der Waals surface area contributed by atoms with Crippen LogP contribution in [0, 0.1) is 12.8 Å². The number of amides is 3. The molecular formula is C35H45N7O7S. The zero-order chi connectivity index (χ0) is 35.8. The van der Waals surface area contributed by atoms with E-state index in [2.05, 4.69) is 15.7 Å². The van der Waals surface area contributed by atoms with Gasteiger partial charge in [0.2, 0.25) is 17.7 Å². The molecule has 1 saturated heterocycles. The van der Waals surface area contributed by atoms with Crippen molar-refractivity contribution < 1.29 is 33.4 Å². The van der Waals surface area contributed by atoms with Gasteiger partial charge in [0.1, 0.15) is 39.7 Å².